The molecule has 0 saturated carbocycles. The molecule has 0 rings (SSSR count). The van der Waals surface area contributed by atoms with Gasteiger partial charge in [0.2, 0.25) is 0 Å². The number of nitrogens with one attached hydrogen (secondary N) is 1. The molecule has 4 heteroatoms. The SMILES string of the molecule is CCCCOCCOCCNCCOC. The molecule has 0 atom stereocenters. The van der Waals surface area contributed by atoms with E-state index in [2.05, 4.69) is 12.2 Å². The highest BCUT2D eigenvalue weighted by Crippen LogP contribution is 1.87. The van der Waals surface area contributed by atoms with E-state index >= 15 is 0 Å². The highest BCUT2D eigenvalue weighted by Gasteiger charge is 1.90. The van der Waals surface area contributed by atoms with Crippen LogP contribution in [0.25, 0.3) is 0 Å². The van der Waals surface area contributed by atoms with Crippen molar-refractivity contribution in [2.24, 2.45) is 0 Å². The fourth-order valence-corrected chi connectivity index (χ4v) is 1.01. The van der Waals surface area contributed by atoms with Gasteiger partial charge in [0, 0.05) is 26.8 Å². The Morgan fingerprint density at radius 2 is 1.53 bits per heavy atom. The van der Waals surface area contributed by atoms with Crippen molar-refractivity contribution >= 4 is 0 Å². The predicted molar refractivity (Wildman–Crippen MR) is 61.3 cm³/mol. The van der Waals surface area contributed by atoms with Crippen LogP contribution in [0.2, 0.25) is 0 Å². The van der Waals surface area contributed by atoms with Crippen LogP contribution in [0.4, 0.5) is 0 Å². The van der Waals surface area contributed by atoms with E-state index in [-0.39, 0.29) is 0 Å². The fourth-order valence-electron chi connectivity index (χ4n) is 1.01. The van der Waals surface area contributed by atoms with Crippen LogP contribution in [0.15, 0.2) is 0 Å². The molecule has 0 unspecified atom stereocenters. The first-order valence-corrected chi connectivity index (χ1v) is 5.77. The van der Waals surface area contributed by atoms with E-state index in [0.717, 1.165) is 39.3 Å². The van der Waals surface area contributed by atoms with Gasteiger partial charge in [-0.1, -0.05) is 13.3 Å². The minimum Gasteiger partial charge on any atom is -0.383 e. The molecule has 0 aliphatic carbocycles. The van der Waals surface area contributed by atoms with Gasteiger partial charge in [-0.05, 0) is 6.42 Å². The van der Waals surface area contributed by atoms with Crippen molar-refractivity contribution in [3.63, 3.8) is 0 Å². The van der Waals surface area contributed by atoms with Gasteiger partial charge in [0.1, 0.15) is 0 Å². The van der Waals surface area contributed by atoms with E-state index in [0.29, 0.717) is 13.2 Å². The summed E-state index contributed by atoms with van der Waals surface area (Å²) in [5.41, 5.74) is 0. The molecule has 0 aromatic carbocycles. The van der Waals surface area contributed by atoms with Gasteiger partial charge < -0.3 is 19.5 Å². The maximum Gasteiger partial charge on any atom is 0.0701 e. The predicted octanol–water partition coefficient (Wildman–Crippen LogP) is 1.06. The summed E-state index contributed by atoms with van der Waals surface area (Å²) in [5.74, 6) is 0. The van der Waals surface area contributed by atoms with E-state index in [9.17, 15) is 0 Å². The summed E-state index contributed by atoms with van der Waals surface area (Å²) in [6.45, 7) is 7.65. The summed E-state index contributed by atoms with van der Waals surface area (Å²) in [6.07, 6.45) is 2.32. The van der Waals surface area contributed by atoms with Gasteiger partial charge in [-0.25, -0.2) is 0 Å². The zero-order chi connectivity index (χ0) is 11.2. The molecular formula is C11H25NO3. The second kappa shape index (κ2) is 13.8. The van der Waals surface area contributed by atoms with Crippen LogP contribution in [-0.2, 0) is 14.2 Å². The Hall–Kier alpha value is -0.160. The Kier molecular flexibility index (Phi) is 13.7. The van der Waals surface area contributed by atoms with Crippen LogP contribution < -0.4 is 5.32 Å². The smallest absolute Gasteiger partial charge is 0.0701 e. The average Bonchev–Trinajstić information content (AvgIpc) is 2.26. The van der Waals surface area contributed by atoms with E-state index in [1.54, 1.807) is 7.11 Å². The lowest BCUT2D eigenvalue weighted by molar-refractivity contribution is 0.0474. The molecule has 0 aliphatic heterocycles. The van der Waals surface area contributed by atoms with Crippen LogP contribution in [0.3, 0.4) is 0 Å². The summed E-state index contributed by atoms with van der Waals surface area (Å²) in [5, 5.41) is 3.21. The summed E-state index contributed by atoms with van der Waals surface area (Å²) >= 11 is 0. The van der Waals surface area contributed by atoms with Crippen LogP contribution in [0.5, 0.6) is 0 Å². The number of methoxy groups -OCH3 is 1. The van der Waals surface area contributed by atoms with Gasteiger partial charge in [0.25, 0.3) is 0 Å². The first-order chi connectivity index (χ1) is 7.41. The molecule has 0 aliphatic rings. The third kappa shape index (κ3) is 13.8. The van der Waals surface area contributed by atoms with Gasteiger partial charge in [0.15, 0.2) is 0 Å². The molecule has 0 spiro atoms. The van der Waals surface area contributed by atoms with Crippen molar-refractivity contribution in [1.29, 1.82) is 0 Å². The third-order valence-electron chi connectivity index (χ3n) is 1.92. The summed E-state index contributed by atoms with van der Waals surface area (Å²) in [7, 11) is 1.70. The van der Waals surface area contributed by atoms with Crippen molar-refractivity contribution in [2.75, 3.05) is 53.2 Å². The molecule has 0 heterocycles. The van der Waals surface area contributed by atoms with E-state index in [1.165, 1.54) is 6.42 Å². The zero-order valence-corrected chi connectivity index (χ0v) is 10.1. The third-order valence-corrected chi connectivity index (χ3v) is 1.92. The highest BCUT2D eigenvalue weighted by molar-refractivity contribution is 4.44. The Morgan fingerprint density at radius 3 is 2.20 bits per heavy atom. The Bertz CT molecular complexity index is 100. The highest BCUT2D eigenvalue weighted by atomic mass is 16.5. The van der Waals surface area contributed by atoms with Gasteiger partial charge in [-0.3, -0.25) is 0 Å². The molecule has 0 aromatic rings. The zero-order valence-electron chi connectivity index (χ0n) is 10.1. The Morgan fingerprint density at radius 1 is 0.867 bits per heavy atom. The van der Waals surface area contributed by atoms with Crippen molar-refractivity contribution in [2.45, 2.75) is 19.8 Å². The van der Waals surface area contributed by atoms with Gasteiger partial charge in [0.05, 0.1) is 26.4 Å². The molecule has 1 N–H and O–H groups in total. The molecular weight excluding hydrogens is 194 g/mol. The van der Waals surface area contributed by atoms with Crippen molar-refractivity contribution in [1.82, 2.24) is 5.32 Å². The van der Waals surface area contributed by atoms with Gasteiger partial charge >= 0.3 is 0 Å². The van der Waals surface area contributed by atoms with Gasteiger partial charge in [-0.2, -0.15) is 0 Å². The molecule has 0 fully saturated rings. The molecule has 0 saturated heterocycles. The normalized spacial score (nSPS) is 10.8. The van der Waals surface area contributed by atoms with Crippen LogP contribution >= 0.6 is 0 Å². The molecule has 92 valence electrons. The van der Waals surface area contributed by atoms with Crippen LogP contribution in [-0.4, -0.2) is 53.2 Å². The maximum atomic E-state index is 5.37. The first kappa shape index (κ1) is 14.8. The Balaban J connectivity index is 2.81. The van der Waals surface area contributed by atoms with Crippen molar-refractivity contribution in [3.8, 4) is 0 Å². The Labute approximate surface area is 93.3 Å². The fraction of sp³-hybridized carbons (Fsp3) is 1.00. The largest absolute Gasteiger partial charge is 0.383 e. The quantitative estimate of drug-likeness (QED) is 0.498. The van der Waals surface area contributed by atoms with E-state index in [4.69, 9.17) is 14.2 Å². The number of hydrogen-bond acceptors (Lipinski definition) is 4. The molecule has 0 aromatic heterocycles. The lowest BCUT2D eigenvalue weighted by Gasteiger charge is -2.06. The van der Waals surface area contributed by atoms with Crippen molar-refractivity contribution < 1.29 is 14.2 Å². The van der Waals surface area contributed by atoms with Crippen LogP contribution in [0, 0.1) is 0 Å². The maximum absolute atomic E-state index is 5.37. The average molecular weight is 219 g/mol. The summed E-state index contributed by atoms with van der Waals surface area (Å²) in [4.78, 5) is 0. The monoisotopic (exact) mass is 219 g/mol. The van der Waals surface area contributed by atoms with Crippen molar-refractivity contribution in [3.05, 3.63) is 0 Å². The standard InChI is InChI=1S/C11H25NO3/c1-3-4-7-14-10-11-15-9-6-12-5-8-13-2/h12H,3-11H2,1-2H3. The summed E-state index contributed by atoms with van der Waals surface area (Å²) in [6, 6.07) is 0. The number of rotatable bonds is 12. The molecule has 0 amide bonds. The number of hydrogen-bond donors (Lipinski definition) is 1. The summed E-state index contributed by atoms with van der Waals surface area (Å²) < 4.78 is 15.6. The molecule has 4 nitrogen and oxygen atoms in total. The first-order valence-electron chi connectivity index (χ1n) is 5.77. The second-order valence-electron chi connectivity index (χ2n) is 3.32. The van der Waals surface area contributed by atoms with Gasteiger partial charge in [-0.15, -0.1) is 0 Å². The molecule has 0 bridgehead atoms. The number of ether oxygens (including phenoxy) is 3. The molecule has 0 radical (unpaired) electrons. The van der Waals surface area contributed by atoms with E-state index in [1.807, 2.05) is 0 Å². The minimum atomic E-state index is 0.690. The second-order valence-corrected chi connectivity index (χ2v) is 3.32. The van der Waals surface area contributed by atoms with Crippen LogP contribution in [0.1, 0.15) is 19.8 Å². The topological polar surface area (TPSA) is 39.7 Å². The lowest BCUT2D eigenvalue weighted by atomic mass is 10.4. The number of unbranched alkanes of at least 4 members (excludes halogenated alkanes) is 1. The molecule has 15 heavy (non-hydrogen) atoms. The van der Waals surface area contributed by atoms with E-state index < -0.39 is 0 Å². The minimum absolute atomic E-state index is 0.690. The lowest BCUT2D eigenvalue weighted by Crippen LogP contribution is -2.24.